The van der Waals surface area contributed by atoms with E-state index in [0.717, 1.165) is 16.7 Å². The lowest BCUT2D eigenvalue weighted by atomic mass is 10.1. The van der Waals surface area contributed by atoms with Crippen molar-refractivity contribution < 1.29 is 29.0 Å². The number of nitrogens with one attached hydrogen (secondary N) is 1. The molecule has 3 rings (SSSR count). The number of esters is 1. The summed E-state index contributed by atoms with van der Waals surface area (Å²) in [5.41, 5.74) is 0.980. The van der Waals surface area contributed by atoms with Crippen molar-refractivity contribution in [3.63, 3.8) is 0 Å². The van der Waals surface area contributed by atoms with Gasteiger partial charge < -0.3 is 20.0 Å². The standard InChI is InChI=1S/C19H16N2O6S/c1-27-18(25)12-6-4-5-11(9-12)10-21-16(22)15(28-19(21)26)20-14-8-3-2-7-13(14)17(23)24/h2-9,15,20H,10H2,1H3,(H,23,24)/p-1/t15-/m1/s1. The predicted octanol–water partition coefficient (Wildman–Crippen LogP) is 1.47. The molecule has 8 nitrogen and oxygen atoms in total. The molecule has 2 aromatic carbocycles. The molecule has 1 atom stereocenters. The quantitative estimate of drug-likeness (QED) is 0.726. The number of rotatable bonds is 6. The van der Waals surface area contributed by atoms with Crippen molar-refractivity contribution in [2.24, 2.45) is 0 Å². The molecule has 0 bridgehead atoms. The Labute approximate surface area is 164 Å². The number of imide groups is 1. The number of carboxylic acids is 1. The number of carbonyl (C=O) groups excluding carboxylic acids is 4. The maximum atomic E-state index is 12.6. The fraction of sp³-hybridized carbons (Fsp3) is 0.158. The van der Waals surface area contributed by atoms with E-state index < -0.39 is 28.5 Å². The summed E-state index contributed by atoms with van der Waals surface area (Å²) < 4.78 is 4.66. The van der Waals surface area contributed by atoms with Gasteiger partial charge in [-0.2, -0.15) is 0 Å². The largest absolute Gasteiger partial charge is 0.545 e. The average molecular weight is 399 g/mol. The van der Waals surface area contributed by atoms with Crippen LogP contribution in [0.15, 0.2) is 48.5 Å². The Morgan fingerprint density at radius 3 is 2.64 bits per heavy atom. The van der Waals surface area contributed by atoms with E-state index in [9.17, 15) is 24.3 Å². The number of aromatic carboxylic acids is 1. The van der Waals surface area contributed by atoms with Gasteiger partial charge in [0.05, 0.1) is 25.2 Å². The van der Waals surface area contributed by atoms with Crippen LogP contribution in [-0.4, -0.2) is 40.5 Å². The Morgan fingerprint density at radius 1 is 1.18 bits per heavy atom. The minimum atomic E-state index is -1.39. The van der Waals surface area contributed by atoms with Crippen LogP contribution in [0, 0.1) is 0 Å². The van der Waals surface area contributed by atoms with Gasteiger partial charge in [0.15, 0.2) is 5.37 Å². The molecule has 0 spiro atoms. The van der Waals surface area contributed by atoms with Crippen molar-refractivity contribution in [3.05, 3.63) is 65.2 Å². The molecule has 0 radical (unpaired) electrons. The number of para-hydroxylation sites is 1. The Morgan fingerprint density at radius 2 is 1.93 bits per heavy atom. The number of methoxy groups -OCH3 is 1. The van der Waals surface area contributed by atoms with Crippen LogP contribution < -0.4 is 10.4 Å². The molecular formula is C19H15N2O6S-. The van der Waals surface area contributed by atoms with Crippen molar-refractivity contribution in [1.29, 1.82) is 0 Å². The first-order chi connectivity index (χ1) is 13.4. The van der Waals surface area contributed by atoms with Crippen LogP contribution in [-0.2, 0) is 16.1 Å². The molecule has 0 aromatic heterocycles. The van der Waals surface area contributed by atoms with E-state index in [4.69, 9.17) is 0 Å². The number of amides is 2. The summed E-state index contributed by atoms with van der Waals surface area (Å²) in [7, 11) is 1.26. The van der Waals surface area contributed by atoms with Crippen LogP contribution in [0.1, 0.15) is 26.3 Å². The summed E-state index contributed by atoms with van der Waals surface area (Å²) in [5, 5.41) is 12.5. The summed E-state index contributed by atoms with van der Waals surface area (Å²) in [4.78, 5) is 48.8. The molecule has 0 aliphatic carbocycles. The number of ether oxygens (including phenoxy) is 1. The van der Waals surface area contributed by atoms with Crippen LogP contribution >= 0.6 is 11.8 Å². The second-order valence-electron chi connectivity index (χ2n) is 5.86. The van der Waals surface area contributed by atoms with Gasteiger partial charge >= 0.3 is 5.97 Å². The Hall–Kier alpha value is -3.33. The summed E-state index contributed by atoms with van der Waals surface area (Å²) in [6, 6.07) is 12.4. The van der Waals surface area contributed by atoms with Crippen molar-refractivity contribution in [3.8, 4) is 0 Å². The number of anilines is 1. The zero-order valence-corrected chi connectivity index (χ0v) is 15.5. The minimum Gasteiger partial charge on any atom is -0.545 e. The van der Waals surface area contributed by atoms with Crippen LogP contribution in [0.25, 0.3) is 0 Å². The molecule has 2 aromatic rings. The molecule has 1 heterocycles. The third-order valence-electron chi connectivity index (χ3n) is 4.05. The zero-order chi connectivity index (χ0) is 20.3. The number of hydrogen-bond donors (Lipinski definition) is 1. The first kappa shape index (κ1) is 19.4. The summed E-state index contributed by atoms with van der Waals surface area (Å²) >= 11 is 0.753. The number of hydrogen-bond acceptors (Lipinski definition) is 8. The van der Waals surface area contributed by atoms with Crippen LogP contribution in [0.4, 0.5) is 10.5 Å². The van der Waals surface area contributed by atoms with Gasteiger partial charge in [-0.25, -0.2) is 4.79 Å². The lowest BCUT2D eigenvalue weighted by Gasteiger charge is -2.17. The monoisotopic (exact) mass is 399 g/mol. The van der Waals surface area contributed by atoms with Crippen molar-refractivity contribution in [1.82, 2.24) is 4.90 Å². The first-order valence-electron chi connectivity index (χ1n) is 8.17. The van der Waals surface area contributed by atoms with E-state index in [1.54, 1.807) is 30.3 Å². The normalized spacial score (nSPS) is 16.2. The van der Waals surface area contributed by atoms with Gasteiger partial charge in [-0.3, -0.25) is 14.5 Å². The minimum absolute atomic E-state index is 0.0180. The second kappa shape index (κ2) is 8.13. The second-order valence-corrected chi connectivity index (χ2v) is 6.91. The number of benzene rings is 2. The molecule has 28 heavy (non-hydrogen) atoms. The first-order valence-corrected chi connectivity index (χ1v) is 9.05. The lowest BCUT2D eigenvalue weighted by molar-refractivity contribution is -0.254. The van der Waals surface area contributed by atoms with Gasteiger partial charge in [-0.1, -0.05) is 30.3 Å². The smallest absolute Gasteiger partial charge is 0.337 e. The van der Waals surface area contributed by atoms with Crippen molar-refractivity contribution in [2.45, 2.75) is 11.9 Å². The zero-order valence-electron chi connectivity index (χ0n) is 14.7. The van der Waals surface area contributed by atoms with Crippen molar-refractivity contribution >= 4 is 40.5 Å². The maximum Gasteiger partial charge on any atom is 0.337 e. The van der Waals surface area contributed by atoms with E-state index in [1.165, 1.54) is 25.3 Å². The molecule has 0 saturated carbocycles. The van der Waals surface area contributed by atoms with E-state index in [1.807, 2.05) is 0 Å². The third-order valence-corrected chi connectivity index (χ3v) is 5.03. The molecule has 1 aliphatic rings. The predicted molar refractivity (Wildman–Crippen MR) is 99.5 cm³/mol. The topological polar surface area (TPSA) is 116 Å². The van der Waals surface area contributed by atoms with Crippen molar-refractivity contribution in [2.75, 3.05) is 12.4 Å². The van der Waals surface area contributed by atoms with Gasteiger partial charge in [-0.15, -0.1) is 0 Å². The van der Waals surface area contributed by atoms with Crippen LogP contribution in [0.3, 0.4) is 0 Å². The number of carbonyl (C=O) groups is 4. The average Bonchev–Trinajstić information content (AvgIpc) is 2.95. The summed E-state index contributed by atoms with van der Waals surface area (Å²) in [6.45, 7) is -0.0180. The highest BCUT2D eigenvalue weighted by molar-refractivity contribution is 8.15. The van der Waals surface area contributed by atoms with Gasteiger partial charge in [0, 0.05) is 11.3 Å². The SMILES string of the molecule is COC(=O)c1cccc(CN2C(=O)S[C@@H](Nc3ccccc3C(=O)[O-])C2=O)c1. The van der Waals surface area contributed by atoms with Gasteiger partial charge in [0.2, 0.25) is 0 Å². The van der Waals surface area contributed by atoms with E-state index in [-0.39, 0.29) is 17.8 Å². The molecule has 1 aliphatic heterocycles. The maximum absolute atomic E-state index is 12.6. The molecule has 0 unspecified atom stereocenters. The van der Waals surface area contributed by atoms with E-state index >= 15 is 0 Å². The summed E-state index contributed by atoms with van der Waals surface area (Å²) in [5.74, 6) is -2.42. The van der Waals surface area contributed by atoms with Gasteiger partial charge in [0.1, 0.15) is 0 Å². The Bertz CT molecular complexity index is 961. The number of nitrogens with zero attached hydrogens (tertiary/aromatic N) is 1. The summed E-state index contributed by atoms with van der Waals surface area (Å²) in [6.07, 6.45) is 0. The number of thioether (sulfide) groups is 1. The Kier molecular flexibility index (Phi) is 5.65. The fourth-order valence-corrected chi connectivity index (χ4v) is 3.60. The molecule has 1 saturated heterocycles. The lowest BCUT2D eigenvalue weighted by Crippen LogP contribution is -2.34. The highest BCUT2D eigenvalue weighted by Gasteiger charge is 2.40. The molecule has 1 fully saturated rings. The van der Waals surface area contributed by atoms with E-state index in [0.29, 0.717) is 11.1 Å². The molecule has 9 heteroatoms. The van der Waals surface area contributed by atoms with Crippen LogP contribution in [0.5, 0.6) is 0 Å². The molecule has 2 amide bonds. The molecular weight excluding hydrogens is 384 g/mol. The van der Waals surface area contributed by atoms with Gasteiger partial charge in [0.25, 0.3) is 11.1 Å². The van der Waals surface area contributed by atoms with Crippen LogP contribution in [0.2, 0.25) is 0 Å². The Balaban J connectivity index is 1.76. The molecule has 1 N–H and O–H groups in total. The highest BCUT2D eigenvalue weighted by atomic mass is 32.2. The molecule has 144 valence electrons. The third kappa shape index (κ3) is 3.99. The fourth-order valence-electron chi connectivity index (χ4n) is 2.71. The highest BCUT2D eigenvalue weighted by Crippen LogP contribution is 2.30. The van der Waals surface area contributed by atoms with E-state index in [2.05, 4.69) is 10.1 Å². The number of carboxylic acid groups (broad SMARTS) is 1. The van der Waals surface area contributed by atoms with Gasteiger partial charge in [-0.05, 0) is 35.5 Å².